The number of carbonyl (C=O) groups is 1. The lowest BCUT2D eigenvalue weighted by Crippen LogP contribution is -2.33. The van der Waals surface area contributed by atoms with Crippen molar-refractivity contribution >= 4 is 5.78 Å². The summed E-state index contributed by atoms with van der Waals surface area (Å²) >= 11 is 0. The highest BCUT2D eigenvalue weighted by Crippen LogP contribution is 2.16. The Labute approximate surface area is 161 Å². The van der Waals surface area contributed by atoms with Crippen LogP contribution in [0.3, 0.4) is 0 Å². The number of aryl methyl sites for hydroxylation is 2. The molecule has 27 heavy (non-hydrogen) atoms. The molecule has 0 aliphatic rings. The first kappa shape index (κ1) is 20.9. The molecule has 0 radical (unpaired) electrons. The fourth-order valence-corrected chi connectivity index (χ4v) is 2.56. The molecule has 2 rings (SSSR count). The molecule has 1 atom stereocenters. The third-order valence-corrected chi connectivity index (χ3v) is 4.12. The van der Waals surface area contributed by atoms with E-state index in [-0.39, 0.29) is 12.4 Å². The predicted octanol–water partition coefficient (Wildman–Crippen LogP) is 3.49. The number of benzene rings is 2. The van der Waals surface area contributed by atoms with E-state index in [0.717, 1.165) is 24.9 Å². The van der Waals surface area contributed by atoms with Crippen molar-refractivity contribution in [2.45, 2.75) is 26.1 Å². The summed E-state index contributed by atoms with van der Waals surface area (Å²) in [6.07, 6.45) is 1.12. The van der Waals surface area contributed by atoms with Crippen LogP contribution in [0.2, 0.25) is 0 Å². The molecule has 5 nitrogen and oxygen atoms in total. The molecule has 1 unspecified atom stereocenters. The number of Topliss-reactive ketones (excluding diaryl/α,β-unsaturated/α-hetero) is 1. The zero-order valence-electron chi connectivity index (χ0n) is 16.6. The molecule has 2 aromatic rings. The number of rotatable bonds is 11. The molecule has 0 aromatic heterocycles. The van der Waals surface area contributed by atoms with Crippen LogP contribution in [0.4, 0.5) is 0 Å². The van der Waals surface area contributed by atoms with E-state index in [9.17, 15) is 4.79 Å². The van der Waals surface area contributed by atoms with E-state index in [0.29, 0.717) is 11.5 Å². The van der Waals surface area contributed by atoms with Crippen molar-refractivity contribution in [2.24, 2.45) is 0 Å². The number of hydrogen-bond acceptors (Lipinski definition) is 5. The minimum atomic E-state index is -0.991. The fourth-order valence-electron chi connectivity index (χ4n) is 2.56. The van der Waals surface area contributed by atoms with Crippen molar-refractivity contribution < 1.29 is 19.0 Å². The maximum atomic E-state index is 12.3. The van der Waals surface area contributed by atoms with Crippen LogP contribution < -0.4 is 9.47 Å². The second-order valence-corrected chi connectivity index (χ2v) is 6.80. The lowest BCUT2D eigenvalue weighted by molar-refractivity contribution is -0.147. The first-order valence-corrected chi connectivity index (χ1v) is 9.13. The van der Waals surface area contributed by atoms with Crippen molar-refractivity contribution in [3.05, 3.63) is 59.7 Å². The van der Waals surface area contributed by atoms with E-state index in [1.54, 1.807) is 0 Å². The molecule has 0 bridgehead atoms. The Hall–Kier alpha value is -2.37. The molecule has 0 heterocycles. The van der Waals surface area contributed by atoms with Crippen molar-refractivity contribution in [1.29, 1.82) is 0 Å². The maximum absolute atomic E-state index is 12.3. The molecule has 0 saturated carbocycles. The van der Waals surface area contributed by atoms with Crippen LogP contribution in [0.1, 0.15) is 17.5 Å². The summed E-state index contributed by atoms with van der Waals surface area (Å²) in [7, 11) is 5.59. The topological polar surface area (TPSA) is 48.0 Å². The molecule has 0 aliphatic carbocycles. The van der Waals surface area contributed by atoms with Crippen LogP contribution >= 0.6 is 0 Å². The monoisotopic (exact) mass is 371 g/mol. The standard InChI is InChI=1S/C22H29NO4/c1-17-7-11-19(12-8-17)26-16-21(24)22(25-4)27-20-13-9-18(10-14-20)6-5-15-23(2)3/h7-14,22H,5-6,15-16H2,1-4H3. The van der Waals surface area contributed by atoms with Gasteiger partial charge in [-0.25, -0.2) is 0 Å². The summed E-state index contributed by atoms with van der Waals surface area (Å²) in [6.45, 7) is 2.95. The van der Waals surface area contributed by atoms with E-state index in [4.69, 9.17) is 14.2 Å². The minimum Gasteiger partial charge on any atom is -0.486 e. The first-order valence-electron chi connectivity index (χ1n) is 9.13. The van der Waals surface area contributed by atoms with E-state index in [1.807, 2.05) is 55.5 Å². The van der Waals surface area contributed by atoms with E-state index < -0.39 is 6.29 Å². The van der Waals surface area contributed by atoms with Gasteiger partial charge in [0.15, 0.2) is 6.61 Å². The lowest BCUT2D eigenvalue weighted by atomic mass is 10.1. The normalized spacial score (nSPS) is 12.0. The molecule has 0 spiro atoms. The van der Waals surface area contributed by atoms with E-state index in [1.165, 1.54) is 12.7 Å². The third kappa shape index (κ3) is 7.41. The minimum absolute atomic E-state index is 0.107. The third-order valence-electron chi connectivity index (χ3n) is 4.12. The van der Waals surface area contributed by atoms with Gasteiger partial charge in [-0.3, -0.25) is 4.79 Å². The van der Waals surface area contributed by atoms with Gasteiger partial charge in [-0.15, -0.1) is 0 Å². The van der Waals surface area contributed by atoms with Crippen LogP contribution in [0.15, 0.2) is 48.5 Å². The van der Waals surface area contributed by atoms with Crippen LogP contribution in [0.25, 0.3) is 0 Å². The summed E-state index contributed by atoms with van der Waals surface area (Å²) in [5.41, 5.74) is 2.38. The summed E-state index contributed by atoms with van der Waals surface area (Å²) in [5, 5.41) is 0. The number of ketones is 1. The SMILES string of the molecule is COC(Oc1ccc(CCCN(C)C)cc1)C(=O)COc1ccc(C)cc1. The van der Waals surface area contributed by atoms with Crippen LogP contribution in [-0.4, -0.2) is 51.3 Å². The summed E-state index contributed by atoms with van der Waals surface area (Å²) < 4.78 is 16.4. The van der Waals surface area contributed by atoms with Crippen LogP contribution in [0.5, 0.6) is 11.5 Å². The number of ether oxygens (including phenoxy) is 3. The van der Waals surface area contributed by atoms with Crippen molar-refractivity contribution in [1.82, 2.24) is 4.90 Å². The van der Waals surface area contributed by atoms with Crippen LogP contribution in [-0.2, 0) is 16.0 Å². The Morgan fingerprint density at radius 3 is 2.22 bits per heavy atom. The quantitative estimate of drug-likeness (QED) is 0.566. The second-order valence-electron chi connectivity index (χ2n) is 6.80. The van der Waals surface area contributed by atoms with Gasteiger partial charge in [-0.1, -0.05) is 29.8 Å². The summed E-state index contributed by atoms with van der Waals surface area (Å²) in [4.78, 5) is 14.5. The zero-order valence-corrected chi connectivity index (χ0v) is 16.6. The Morgan fingerprint density at radius 2 is 1.63 bits per heavy atom. The highest BCUT2D eigenvalue weighted by molar-refractivity contribution is 5.83. The van der Waals surface area contributed by atoms with Gasteiger partial charge in [-0.05, 0) is 70.2 Å². The molecule has 5 heteroatoms. The highest BCUT2D eigenvalue weighted by atomic mass is 16.7. The Kier molecular flexibility index (Phi) is 8.30. The fraction of sp³-hybridized carbons (Fsp3) is 0.409. The molecule has 0 N–H and O–H groups in total. The first-order chi connectivity index (χ1) is 13.0. The molecule has 146 valence electrons. The molecule has 0 fully saturated rings. The predicted molar refractivity (Wildman–Crippen MR) is 106 cm³/mol. The summed E-state index contributed by atoms with van der Waals surface area (Å²) in [5.74, 6) is 0.973. The molecule has 2 aromatic carbocycles. The van der Waals surface area contributed by atoms with Gasteiger partial charge >= 0.3 is 0 Å². The average molecular weight is 371 g/mol. The molecule has 0 aliphatic heterocycles. The van der Waals surface area contributed by atoms with Gasteiger partial charge in [-0.2, -0.15) is 0 Å². The van der Waals surface area contributed by atoms with Crippen molar-refractivity contribution in [3.63, 3.8) is 0 Å². The van der Waals surface area contributed by atoms with Gasteiger partial charge < -0.3 is 19.1 Å². The van der Waals surface area contributed by atoms with Gasteiger partial charge in [0.05, 0.1) is 0 Å². The second kappa shape index (κ2) is 10.7. The molecule has 0 saturated heterocycles. The number of carbonyl (C=O) groups excluding carboxylic acids is 1. The van der Waals surface area contributed by atoms with Crippen LogP contribution in [0, 0.1) is 6.92 Å². The van der Waals surface area contributed by atoms with Gasteiger partial charge in [0.2, 0.25) is 5.78 Å². The molecular weight excluding hydrogens is 342 g/mol. The molecular formula is C22H29NO4. The smallest absolute Gasteiger partial charge is 0.263 e. The van der Waals surface area contributed by atoms with Crippen molar-refractivity contribution in [2.75, 3.05) is 34.4 Å². The zero-order chi connectivity index (χ0) is 19.6. The van der Waals surface area contributed by atoms with Gasteiger partial charge in [0, 0.05) is 7.11 Å². The van der Waals surface area contributed by atoms with E-state index in [2.05, 4.69) is 19.0 Å². The Morgan fingerprint density at radius 1 is 1.00 bits per heavy atom. The summed E-state index contributed by atoms with van der Waals surface area (Å²) in [6, 6.07) is 15.3. The molecule has 0 amide bonds. The number of nitrogens with zero attached hydrogens (tertiary/aromatic N) is 1. The maximum Gasteiger partial charge on any atom is 0.263 e. The Balaban J connectivity index is 1.83. The largest absolute Gasteiger partial charge is 0.486 e. The lowest BCUT2D eigenvalue weighted by Gasteiger charge is -2.17. The van der Waals surface area contributed by atoms with E-state index >= 15 is 0 Å². The average Bonchev–Trinajstić information content (AvgIpc) is 2.66. The Bertz CT molecular complexity index is 695. The number of hydrogen-bond donors (Lipinski definition) is 0. The van der Waals surface area contributed by atoms with Gasteiger partial charge in [0.25, 0.3) is 6.29 Å². The highest BCUT2D eigenvalue weighted by Gasteiger charge is 2.20. The van der Waals surface area contributed by atoms with Gasteiger partial charge in [0.1, 0.15) is 11.5 Å². The number of methoxy groups -OCH3 is 1. The van der Waals surface area contributed by atoms with Crippen molar-refractivity contribution in [3.8, 4) is 11.5 Å².